The minimum absolute atomic E-state index is 0.0176. The lowest BCUT2D eigenvalue weighted by atomic mass is 10.1. The number of hydrogen-bond donors (Lipinski definition) is 0. The average Bonchev–Trinajstić information content (AvgIpc) is 2.70. The number of ketones is 1. The highest BCUT2D eigenvalue weighted by molar-refractivity contribution is 9.10. The largest absolute Gasteiger partial charge is 0.300 e. The first kappa shape index (κ1) is 13.9. The molecule has 1 amide bonds. The lowest BCUT2D eigenvalue weighted by molar-refractivity contribution is -0.114. The monoisotopic (exact) mass is 351 g/mol. The van der Waals surface area contributed by atoms with Gasteiger partial charge < -0.3 is 4.90 Å². The molecule has 2 aromatic rings. The van der Waals surface area contributed by atoms with Crippen LogP contribution in [0.2, 0.25) is 0 Å². The molecule has 3 rings (SSSR count). The molecule has 1 aliphatic heterocycles. The molecule has 6 heteroatoms. The first-order valence-electron chi connectivity index (χ1n) is 6.08. The fraction of sp³-hybridized carbons (Fsp3) is 0.0667. The van der Waals surface area contributed by atoms with Gasteiger partial charge in [0.15, 0.2) is 11.6 Å². The van der Waals surface area contributed by atoms with Crippen molar-refractivity contribution in [3.63, 3.8) is 0 Å². The van der Waals surface area contributed by atoms with Crippen molar-refractivity contribution >= 4 is 33.3 Å². The molecule has 0 saturated carbocycles. The van der Waals surface area contributed by atoms with E-state index in [1.54, 1.807) is 18.2 Å². The number of benzene rings is 2. The molecule has 0 aromatic heterocycles. The molecular formula is C15H8BrF2NO2. The van der Waals surface area contributed by atoms with Crippen molar-refractivity contribution < 1.29 is 18.4 Å². The van der Waals surface area contributed by atoms with E-state index in [1.165, 1.54) is 12.1 Å². The second-order valence-corrected chi connectivity index (χ2v) is 5.42. The maximum Gasteiger partial charge on any atom is 0.299 e. The SMILES string of the molecule is O=C1C(=O)N(Cc2cccc(F)c2F)c2cccc(Br)c21. The molecule has 3 nitrogen and oxygen atoms in total. The smallest absolute Gasteiger partial charge is 0.299 e. The van der Waals surface area contributed by atoms with Crippen molar-refractivity contribution in [2.45, 2.75) is 6.54 Å². The predicted molar refractivity (Wildman–Crippen MR) is 76.0 cm³/mol. The quantitative estimate of drug-likeness (QED) is 0.777. The summed E-state index contributed by atoms with van der Waals surface area (Å²) in [6, 6.07) is 8.66. The van der Waals surface area contributed by atoms with Gasteiger partial charge in [-0.3, -0.25) is 9.59 Å². The summed E-state index contributed by atoms with van der Waals surface area (Å²) in [6.45, 7) is -0.197. The van der Waals surface area contributed by atoms with Crippen molar-refractivity contribution in [2.24, 2.45) is 0 Å². The van der Waals surface area contributed by atoms with Gasteiger partial charge in [-0.05, 0) is 34.1 Å². The van der Waals surface area contributed by atoms with Crippen LogP contribution in [0.15, 0.2) is 40.9 Å². The molecule has 0 fully saturated rings. The lowest BCUT2D eigenvalue weighted by Crippen LogP contribution is -2.29. The molecule has 106 valence electrons. The van der Waals surface area contributed by atoms with Crippen molar-refractivity contribution in [3.8, 4) is 0 Å². The summed E-state index contributed by atoms with van der Waals surface area (Å²) in [7, 11) is 0. The summed E-state index contributed by atoms with van der Waals surface area (Å²) in [6.07, 6.45) is 0. The topological polar surface area (TPSA) is 37.4 Å². The molecule has 0 atom stereocenters. The summed E-state index contributed by atoms with van der Waals surface area (Å²) in [4.78, 5) is 25.2. The van der Waals surface area contributed by atoms with Crippen LogP contribution in [-0.4, -0.2) is 11.7 Å². The van der Waals surface area contributed by atoms with Crippen LogP contribution in [0.3, 0.4) is 0 Å². The van der Waals surface area contributed by atoms with Crippen LogP contribution in [0, 0.1) is 11.6 Å². The van der Waals surface area contributed by atoms with Crippen molar-refractivity contribution in [1.29, 1.82) is 0 Å². The average molecular weight is 352 g/mol. The highest BCUT2D eigenvalue weighted by Crippen LogP contribution is 2.35. The molecule has 0 saturated heterocycles. The molecule has 0 spiro atoms. The Balaban J connectivity index is 2.05. The van der Waals surface area contributed by atoms with E-state index in [-0.39, 0.29) is 17.7 Å². The van der Waals surface area contributed by atoms with E-state index in [0.29, 0.717) is 10.2 Å². The summed E-state index contributed by atoms with van der Waals surface area (Å²) < 4.78 is 27.5. The van der Waals surface area contributed by atoms with E-state index < -0.39 is 23.3 Å². The van der Waals surface area contributed by atoms with E-state index in [0.717, 1.165) is 11.0 Å². The summed E-state index contributed by atoms with van der Waals surface area (Å²) >= 11 is 3.22. The molecule has 0 aliphatic carbocycles. The van der Waals surface area contributed by atoms with E-state index in [4.69, 9.17) is 0 Å². The maximum absolute atomic E-state index is 13.7. The first-order chi connectivity index (χ1) is 10.0. The van der Waals surface area contributed by atoms with Gasteiger partial charge in [0.2, 0.25) is 0 Å². The van der Waals surface area contributed by atoms with Gasteiger partial charge in [0.05, 0.1) is 17.8 Å². The number of amides is 1. The van der Waals surface area contributed by atoms with Crippen LogP contribution in [0.1, 0.15) is 15.9 Å². The number of halogens is 3. The second-order valence-electron chi connectivity index (χ2n) is 4.57. The van der Waals surface area contributed by atoms with Crippen molar-refractivity contribution in [2.75, 3.05) is 4.90 Å². The Morgan fingerprint density at radius 1 is 1.05 bits per heavy atom. The number of nitrogens with zero attached hydrogens (tertiary/aromatic N) is 1. The number of carbonyl (C=O) groups excluding carboxylic acids is 2. The van der Waals surface area contributed by atoms with Gasteiger partial charge in [0.25, 0.3) is 11.7 Å². The van der Waals surface area contributed by atoms with Crippen LogP contribution >= 0.6 is 15.9 Å². The molecule has 0 radical (unpaired) electrons. The Hall–Kier alpha value is -2.08. The normalized spacial score (nSPS) is 13.8. The standard InChI is InChI=1S/C15H8BrF2NO2/c16-9-4-2-6-11-12(9)14(20)15(21)19(11)7-8-3-1-5-10(17)13(8)18/h1-6H,7H2. The Morgan fingerprint density at radius 3 is 2.52 bits per heavy atom. The van der Waals surface area contributed by atoms with Gasteiger partial charge in [-0.25, -0.2) is 8.78 Å². The van der Waals surface area contributed by atoms with E-state index >= 15 is 0 Å². The molecule has 2 aromatic carbocycles. The Kier molecular flexibility index (Phi) is 3.33. The lowest BCUT2D eigenvalue weighted by Gasteiger charge is -2.17. The Labute approximate surface area is 127 Å². The van der Waals surface area contributed by atoms with Crippen LogP contribution in [0.25, 0.3) is 0 Å². The Bertz CT molecular complexity index is 776. The van der Waals surface area contributed by atoms with Crippen LogP contribution in [-0.2, 0) is 11.3 Å². The van der Waals surface area contributed by atoms with Gasteiger partial charge in [0.1, 0.15) is 0 Å². The summed E-state index contributed by atoms with van der Waals surface area (Å²) in [5.74, 6) is -3.41. The van der Waals surface area contributed by atoms with Gasteiger partial charge in [0, 0.05) is 10.0 Å². The minimum atomic E-state index is -1.01. The van der Waals surface area contributed by atoms with Crippen LogP contribution in [0.5, 0.6) is 0 Å². The zero-order chi connectivity index (χ0) is 15.1. The third-order valence-electron chi connectivity index (χ3n) is 3.31. The molecule has 0 N–H and O–H groups in total. The molecular weight excluding hydrogens is 344 g/mol. The number of carbonyl (C=O) groups is 2. The van der Waals surface area contributed by atoms with Crippen molar-refractivity contribution in [3.05, 3.63) is 63.6 Å². The van der Waals surface area contributed by atoms with Crippen molar-refractivity contribution in [1.82, 2.24) is 0 Å². The Morgan fingerprint density at radius 2 is 1.76 bits per heavy atom. The van der Waals surface area contributed by atoms with Gasteiger partial charge >= 0.3 is 0 Å². The predicted octanol–water partition coefficient (Wildman–Crippen LogP) is 3.46. The zero-order valence-corrected chi connectivity index (χ0v) is 12.2. The molecule has 0 unspecified atom stereocenters. The third-order valence-corrected chi connectivity index (χ3v) is 3.97. The molecule has 1 heterocycles. The maximum atomic E-state index is 13.7. The van der Waals surface area contributed by atoms with Gasteiger partial charge in [-0.15, -0.1) is 0 Å². The highest BCUT2D eigenvalue weighted by atomic mass is 79.9. The summed E-state index contributed by atoms with van der Waals surface area (Å²) in [5.41, 5.74) is 0.659. The van der Waals surface area contributed by atoms with Crippen LogP contribution < -0.4 is 4.90 Å². The van der Waals surface area contributed by atoms with E-state index in [2.05, 4.69) is 15.9 Å². The number of rotatable bonds is 2. The number of Topliss-reactive ketones (excluding diaryl/α,β-unsaturated/α-hetero) is 1. The first-order valence-corrected chi connectivity index (χ1v) is 6.87. The molecule has 1 aliphatic rings. The fourth-order valence-electron chi connectivity index (χ4n) is 2.30. The summed E-state index contributed by atoms with van der Waals surface area (Å²) in [5, 5.41) is 0. The fourth-order valence-corrected chi connectivity index (χ4v) is 2.84. The number of fused-ring (bicyclic) bond motifs is 1. The second kappa shape index (κ2) is 5.04. The zero-order valence-electron chi connectivity index (χ0n) is 10.6. The molecule has 21 heavy (non-hydrogen) atoms. The van der Waals surface area contributed by atoms with Gasteiger partial charge in [-0.2, -0.15) is 0 Å². The third kappa shape index (κ3) is 2.15. The minimum Gasteiger partial charge on any atom is -0.300 e. The van der Waals surface area contributed by atoms with E-state index in [1.807, 2.05) is 0 Å². The number of anilines is 1. The van der Waals surface area contributed by atoms with Crippen LogP contribution in [0.4, 0.5) is 14.5 Å². The van der Waals surface area contributed by atoms with E-state index in [9.17, 15) is 18.4 Å². The molecule has 0 bridgehead atoms. The van der Waals surface area contributed by atoms with Gasteiger partial charge in [-0.1, -0.05) is 18.2 Å². The highest BCUT2D eigenvalue weighted by Gasteiger charge is 2.37. The number of hydrogen-bond acceptors (Lipinski definition) is 2.